The molecule has 0 saturated heterocycles. The van der Waals surface area contributed by atoms with Crippen LogP contribution in [-0.4, -0.2) is 81.9 Å². The van der Waals surface area contributed by atoms with Gasteiger partial charge in [-0.25, -0.2) is 0 Å². The van der Waals surface area contributed by atoms with Crippen LogP contribution in [0.3, 0.4) is 0 Å². The van der Waals surface area contributed by atoms with Crippen molar-refractivity contribution >= 4 is 6.29 Å². The second-order valence-electron chi connectivity index (χ2n) is 4.76. The number of nitrogens with zero attached hydrogens (tertiary/aromatic N) is 3. The van der Waals surface area contributed by atoms with Gasteiger partial charge in [0.2, 0.25) is 0 Å². The maximum atomic E-state index is 10.3. The van der Waals surface area contributed by atoms with Gasteiger partial charge in [0.15, 0.2) is 0 Å². The van der Waals surface area contributed by atoms with Crippen LogP contribution in [0.5, 0.6) is 0 Å². The highest BCUT2D eigenvalue weighted by Gasteiger charge is 2.05. The smallest absolute Gasteiger partial charge is 0.120 e. The van der Waals surface area contributed by atoms with Crippen LogP contribution in [-0.2, 0) is 4.79 Å². The van der Waals surface area contributed by atoms with Crippen molar-refractivity contribution in [2.75, 3.05) is 60.9 Å². The summed E-state index contributed by atoms with van der Waals surface area (Å²) < 4.78 is 0. The molecule has 0 bridgehead atoms. The van der Waals surface area contributed by atoms with E-state index in [-0.39, 0.29) is 0 Å². The van der Waals surface area contributed by atoms with Gasteiger partial charge in [0.25, 0.3) is 0 Å². The number of rotatable bonds is 10. The fourth-order valence-electron chi connectivity index (χ4n) is 1.42. The fraction of sp³-hybridized carbons (Fsp3) is 0.917. The third-order valence-corrected chi connectivity index (χ3v) is 2.52. The lowest BCUT2D eigenvalue weighted by atomic mass is 10.3. The summed E-state index contributed by atoms with van der Waals surface area (Å²) in [6.45, 7) is 5.35. The zero-order chi connectivity index (χ0) is 12.4. The van der Waals surface area contributed by atoms with Crippen molar-refractivity contribution < 1.29 is 4.79 Å². The van der Waals surface area contributed by atoms with Gasteiger partial charge in [0, 0.05) is 32.6 Å². The summed E-state index contributed by atoms with van der Waals surface area (Å²) >= 11 is 0. The number of aldehydes is 1. The Morgan fingerprint density at radius 3 is 1.69 bits per heavy atom. The number of hydrogen-bond acceptors (Lipinski definition) is 4. The zero-order valence-electron chi connectivity index (χ0n) is 11.3. The van der Waals surface area contributed by atoms with Crippen LogP contribution in [0.2, 0.25) is 0 Å². The molecule has 0 aromatic rings. The minimum Gasteiger partial charge on any atom is -0.308 e. The highest BCUT2D eigenvalue weighted by atomic mass is 16.1. The van der Waals surface area contributed by atoms with E-state index in [1.807, 2.05) is 0 Å². The SMILES string of the molecule is CN(C)CCN(CCCC=O)CCN(C)C. The molecule has 0 aliphatic heterocycles. The second-order valence-corrected chi connectivity index (χ2v) is 4.76. The van der Waals surface area contributed by atoms with Crippen LogP contribution in [0.15, 0.2) is 0 Å². The maximum Gasteiger partial charge on any atom is 0.120 e. The van der Waals surface area contributed by atoms with Gasteiger partial charge in [-0.15, -0.1) is 0 Å². The van der Waals surface area contributed by atoms with Crippen molar-refractivity contribution in [1.82, 2.24) is 14.7 Å². The lowest BCUT2D eigenvalue weighted by Crippen LogP contribution is -2.37. The van der Waals surface area contributed by atoms with E-state index in [2.05, 4.69) is 42.9 Å². The Balaban J connectivity index is 3.80. The normalized spacial score (nSPS) is 11.7. The molecule has 0 fully saturated rings. The Morgan fingerprint density at radius 2 is 1.31 bits per heavy atom. The highest BCUT2D eigenvalue weighted by molar-refractivity contribution is 5.48. The van der Waals surface area contributed by atoms with Crippen molar-refractivity contribution in [3.8, 4) is 0 Å². The Hall–Kier alpha value is -0.450. The quantitative estimate of drug-likeness (QED) is 0.400. The lowest BCUT2D eigenvalue weighted by molar-refractivity contribution is -0.108. The number of likely N-dealkylation sites (N-methyl/N-ethyl adjacent to an activating group) is 2. The molecule has 0 aromatic carbocycles. The van der Waals surface area contributed by atoms with Gasteiger partial charge >= 0.3 is 0 Å². The number of hydrogen-bond donors (Lipinski definition) is 0. The molecular weight excluding hydrogens is 202 g/mol. The standard InChI is InChI=1S/C12H27N3O/c1-13(2)8-10-15(7-5-6-12-16)11-9-14(3)4/h12H,5-11H2,1-4H3. The van der Waals surface area contributed by atoms with E-state index < -0.39 is 0 Å². The van der Waals surface area contributed by atoms with Crippen molar-refractivity contribution in [3.05, 3.63) is 0 Å². The summed E-state index contributed by atoms with van der Waals surface area (Å²) in [5.74, 6) is 0. The largest absolute Gasteiger partial charge is 0.308 e. The lowest BCUT2D eigenvalue weighted by Gasteiger charge is -2.25. The first-order valence-electron chi connectivity index (χ1n) is 6.01. The summed E-state index contributed by atoms with van der Waals surface area (Å²) in [5, 5.41) is 0. The molecule has 0 N–H and O–H groups in total. The van der Waals surface area contributed by atoms with Crippen molar-refractivity contribution in [2.45, 2.75) is 12.8 Å². The van der Waals surface area contributed by atoms with E-state index in [0.717, 1.165) is 45.4 Å². The number of carbonyl (C=O) groups excluding carboxylic acids is 1. The summed E-state index contributed by atoms with van der Waals surface area (Å²) in [6, 6.07) is 0. The summed E-state index contributed by atoms with van der Waals surface area (Å²) in [4.78, 5) is 17.1. The molecule has 0 rings (SSSR count). The average Bonchev–Trinajstić information content (AvgIpc) is 2.21. The molecular formula is C12H27N3O. The first kappa shape index (κ1) is 15.6. The second kappa shape index (κ2) is 9.75. The van der Waals surface area contributed by atoms with Gasteiger partial charge in [-0.1, -0.05) is 0 Å². The molecule has 0 aliphatic rings. The van der Waals surface area contributed by atoms with E-state index in [1.165, 1.54) is 0 Å². The Labute approximate surface area is 100 Å². The number of unbranched alkanes of at least 4 members (excludes halogenated alkanes) is 1. The number of carbonyl (C=O) groups is 1. The van der Waals surface area contributed by atoms with Crippen LogP contribution >= 0.6 is 0 Å². The highest BCUT2D eigenvalue weighted by Crippen LogP contribution is 1.95. The Bertz CT molecular complexity index is 160. The predicted molar refractivity (Wildman–Crippen MR) is 68.8 cm³/mol. The fourth-order valence-corrected chi connectivity index (χ4v) is 1.42. The van der Waals surface area contributed by atoms with Crippen LogP contribution in [0, 0.1) is 0 Å². The first-order valence-corrected chi connectivity index (χ1v) is 6.01. The van der Waals surface area contributed by atoms with Crippen molar-refractivity contribution in [2.24, 2.45) is 0 Å². The molecule has 0 aromatic heterocycles. The molecule has 4 nitrogen and oxygen atoms in total. The summed E-state index contributed by atoms with van der Waals surface area (Å²) in [7, 11) is 8.37. The molecule has 0 heterocycles. The van der Waals surface area contributed by atoms with E-state index in [1.54, 1.807) is 0 Å². The summed E-state index contributed by atoms with van der Waals surface area (Å²) in [6.07, 6.45) is 2.67. The van der Waals surface area contributed by atoms with E-state index in [9.17, 15) is 4.79 Å². The Kier molecular flexibility index (Phi) is 9.48. The molecule has 0 aliphatic carbocycles. The van der Waals surface area contributed by atoms with Crippen LogP contribution in [0.1, 0.15) is 12.8 Å². The monoisotopic (exact) mass is 229 g/mol. The zero-order valence-corrected chi connectivity index (χ0v) is 11.3. The van der Waals surface area contributed by atoms with Crippen LogP contribution in [0.25, 0.3) is 0 Å². The van der Waals surface area contributed by atoms with Gasteiger partial charge in [-0.05, 0) is 41.2 Å². The first-order chi connectivity index (χ1) is 7.56. The van der Waals surface area contributed by atoms with E-state index >= 15 is 0 Å². The third-order valence-electron chi connectivity index (χ3n) is 2.52. The Morgan fingerprint density at radius 1 is 0.812 bits per heavy atom. The van der Waals surface area contributed by atoms with Crippen molar-refractivity contribution in [3.63, 3.8) is 0 Å². The minimum atomic E-state index is 0.681. The topological polar surface area (TPSA) is 26.8 Å². The van der Waals surface area contributed by atoms with Crippen LogP contribution < -0.4 is 0 Å². The van der Waals surface area contributed by atoms with Gasteiger partial charge < -0.3 is 19.5 Å². The molecule has 16 heavy (non-hydrogen) atoms. The molecule has 0 spiro atoms. The molecule has 0 radical (unpaired) electrons. The van der Waals surface area contributed by atoms with Gasteiger partial charge in [-0.3, -0.25) is 0 Å². The minimum absolute atomic E-state index is 0.681. The maximum absolute atomic E-state index is 10.3. The van der Waals surface area contributed by atoms with E-state index in [0.29, 0.717) is 6.42 Å². The van der Waals surface area contributed by atoms with Gasteiger partial charge in [-0.2, -0.15) is 0 Å². The molecule has 0 atom stereocenters. The molecule has 96 valence electrons. The van der Waals surface area contributed by atoms with E-state index in [4.69, 9.17) is 0 Å². The molecule has 0 amide bonds. The van der Waals surface area contributed by atoms with Crippen molar-refractivity contribution in [1.29, 1.82) is 0 Å². The van der Waals surface area contributed by atoms with Crippen LogP contribution in [0.4, 0.5) is 0 Å². The molecule has 0 unspecified atom stereocenters. The summed E-state index contributed by atoms with van der Waals surface area (Å²) in [5.41, 5.74) is 0. The van der Waals surface area contributed by atoms with Gasteiger partial charge in [0.05, 0.1) is 0 Å². The van der Waals surface area contributed by atoms with Gasteiger partial charge in [0.1, 0.15) is 6.29 Å². The molecule has 4 heteroatoms. The predicted octanol–water partition coefficient (Wildman–Crippen LogP) is 0.391. The third kappa shape index (κ3) is 10.1. The average molecular weight is 229 g/mol. The molecule has 0 saturated carbocycles.